The van der Waals surface area contributed by atoms with E-state index < -0.39 is 65.8 Å². The number of fused-ring (bicyclic) bond motifs is 1. The Bertz CT molecular complexity index is 1780. The lowest BCUT2D eigenvalue weighted by molar-refractivity contribution is -0.256. The van der Waals surface area contributed by atoms with Gasteiger partial charge in [-0.1, -0.05) is 12.5 Å². The van der Waals surface area contributed by atoms with Crippen LogP contribution in [-0.2, 0) is 26.6 Å². The summed E-state index contributed by atoms with van der Waals surface area (Å²) in [6.45, 7) is -0.821. The smallest absolute Gasteiger partial charge is 0.396 e. The van der Waals surface area contributed by atoms with Gasteiger partial charge in [-0.3, -0.25) is 9.52 Å². The average molecular weight is 604 g/mol. The molecule has 0 saturated heterocycles. The zero-order valence-corrected chi connectivity index (χ0v) is 22.4. The zero-order valence-electron chi connectivity index (χ0n) is 20.0. The maximum atomic E-state index is 13.9. The fraction of sp³-hybridized carbons (Fsp3) is 0.318. The van der Waals surface area contributed by atoms with Gasteiger partial charge in [0.05, 0.1) is 28.8 Å². The molecule has 1 fully saturated rings. The van der Waals surface area contributed by atoms with Gasteiger partial charge in [-0.05, 0) is 42.5 Å². The van der Waals surface area contributed by atoms with Crippen LogP contribution in [0.1, 0.15) is 24.8 Å². The van der Waals surface area contributed by atoms with Crippen molar-refractivity contribution in [1.29, 1.82) is 0 Å². The van der Waals surface area contributed by atoms with E-state index in [9.17, 15) is 39.9 Å². The Morgan fingerprint density at radius 1 is 1.26 bits per heavy atom. The molecular weight excluding hydrogens is 583 g/mol. The van der Waals surface area contributed by atoms with Crippen molar-refractivity contribution >= 4 is 48.6 Å². The minimum Gasteiger partial charge on any atom is -0.505 e. The third-order valence-electron chi connectivity index (χ3n) is 6.51. The summed E-state index contributed by atoms with van der Waals surface area (Å²) in [6.07, 6.45) is -3.84. The summed E-state index contributed by atoms with van der Waals surface area (Å²) >= 11 is 1.10. The predicted molar refractivity (Wildman–Crippen MR) is 138 cm³/mol. The van der Waals surface area contributed by atoms with Crippen LogP contribution >= 0.6 is 11.3 Å². The molecule has 0 unspecified atom stereocenters. The summed E-state index contributed by atoms with van der Waals surface area (Å²) < 4.78 is 97.4. The van der Waals surface area contributed by atoms with Gasteiger partial charge in [0.25, 0.3) is 15.6 Å². The predicted octanol–water partition coefficient (Wildman–Crippen LogP) is 3.34. The van der Waals surface area contributed by atoms with Gasteiger partial charge >= 0.3 is 6.18 Å². The first-order chi connectivity index (χ1) is 18.1. The average Bonchev–Trinajstić information content (AvgIpc) is 3.30. The largest absolute Gasteiger partial charge is 0.505 e. The van der Waals surface area contributed by atoms with Gasteiger partial charge < -0.3 is 10.4 Å². The van der Waals surface area contributed by atoms with Gasteiger partial charge in [-0.15, -0.1) is 15.7 Å². The van der Waals surface area contributed by atoms with Crippen molar-refractivity contribution in [3.63, 3.8) is 0 Å². The van der Waals surface area contributed by atoms with Crippen molar-refractivity contribution in [1.82, 2.24) is 9.78 Å². The van der Waals surface area contributed by atoms with Crippen molar-refractivity contribution in [2.45, 2.75) is 36.9 Å². The minimum atomic E-state index is -4.62. The normalized spacial score (nSPS) is 17.9. The van der Waals surface area contributed by atoms with Gasteiger partial charge in [-0.2, -0.15) is 26.7 Å². The summed E-state index contributed by atoms with van der Waals surface area (Å²) in [7, 11) is -8.27. The number of hydrogen-bond donors (Lipinski definition) is 3. The Morgan fingerprint density at radius 2 is 1.97 bits per heavy atom. The quantitative estimate of drug-likeness (QED) is 0.387. The molecule has 1 aliphatic carbocycles. The molecule has 39 heavy (non-hydrogen) atoms. The van der Waals surface area contributed by atoms with E-state index in [0.717, 1.165) is 23.7 Å². The highest BCUT2D eigenvalue weighted by atomic mass is 32.2. The Balaban J connectivity index is 1.67. The maximum absolute atomic E-state index is 13.9. The summed E-state index contributed by atoms with van der Waals surface area (Å²) in [5.41, 5.74) is -4.39. The first-order valence-corrected chi connectivity index (χ1v) is 15.5. The molecule has 3 N–H and O–H groups in total. The van der Waals surface area contributed by atoms with Crippen molar-refractivity contribution in [2.75, 3.05) is 16.3 Å². The number of rotatable bonds is 6. The van der Waals surface area contributed by atoms with Crippen LogP contribution in [-0.4, -0.2) is 50.0 Å². The molecule has 11 nitrogen and oxygen atoms in total. The lowest BCUT2D eigenvalue weighted by Crippen LogP contribution is -2.49. The van der Waals surface area contributed by atoms with Crippen LogP contribution in [0.5, 0.6) is 5.75 Å². The number of halogens is 3. The lowest BCUT2D eigenvalue weighted by Gasteiger charge is -2.43. The highest BCUT2D eigenvalue weighted by Gasteiger charge is 2.58. The molecule has 1 aliphatic heterocycles. The number of anilines is 2. The first-order valence-electron chi connectivity index (χ1n) is 11.3. The van der Waals surface area contributed by atoms with E-state index in [1.165, 1.54) is 18.2 Å². The molecule has 1 aromatic carbocycles. The van der Waals surface area contributed by atoms with Gasteiger partial charge in [-0.25, -0.2) is 13.1 Å². The Morgan fingerprint density at radius 3 is 2.54 bits per heavy atom. The summed E-state index contributed by atoms with van der Waals surface area (Å²) in [5, 5.41) is 19.4. The van der Waals surface area contributed by atoms with Crippen LogP contribution in [0, 0.1) is 5.41 Å². The van der Waals surface area contributed by atoms with Crippen molar-refractivity contribution in [3.8, 4) is 16.3 Å². The molecule has 17 heteroatoms. The topological polar surface area (TPSA) is 160 Å². The van der Waals surface area contributed by atoms with E-state index in [1.807, 2.05) is 0 Å². The number of hydrogen-bond acceptors (Lipinski definition) is 9. The van der Waals surface area contributed by atoms with Gasteiger partial charge in [0.1, 0.15) is 16.2 Å². The Labute approximate surface area is 224 Å². The second kappa shape index (κ2) is 9.06. The van der Waals surface area contributed by atoms with Crippen LogP contribution in [0.2, 0.25) is 0 Å². The van der Waals surface area contributed by atoms with Crippen molar-refractivity contribution in [3.05, 3.63) is 51.6 Å². The molecule has 0 amide bonds. The number of nitrogens with one attached hydrogen (secondary N) is 2. The maximum Gasteiger partial charge on any atom is 0.396 e. The molecule has 0 radical (unpaired) electrons. The third-order valence-corrected chi connectivity index (χ3v) is 9.31. The second-order valence-electron chi connectivity index (χ2n) is 9.27. The fourth-order valence-electron chi connectivity index (χ4n) is 4.43. The standard InChI is InChI=1S/C22H20F3N5O6S3/c1-38(33,34)28-12-5-6-13-15(10-12)39(35,36)29-19(26-13)16-18(31)17(14-4-2-9-37-14)27-30(20(16)32)11-21(7-3-8-21)22(23,24)25/h2,4-6,9-10,28,31H,3,7-8,11H2,1H3,(H,26,29). The monoisotopic (exact) mass is 603 g/mol. The number of amidine groups is 1. The van der Waals surface area contributed by atoms with Crippen molar-refractivity contribution in [2.24, 2.45) is 9.81 Å². The van der Waals surface area contributed by atoms with E-state index in [-0.39, 0.29) is 29.9 Å². The Hall–Kier alpha value is -3.44. The molecule has 2 aromatic heterocycles. The SMILES string of the molecule is CS(=O)(=O)Nc1ccc2c(c1)S(=O)(=O)N=C(c1c(O)c(-c3cccs3)nn(CC3(C(F)(F)F)CCC3)c1=O)N2. The molecule has 5 rings (SSSR count). The molecule has 2 aliphatic rings. The van der Waals surface area contributed by atoms with Crippen LogP contribution < -0.4 is 15.6 Å². The zero-order chi connectivity index (χ0) is 28.4. The molecule has 0 atom stereocenters. The first kappa shape index (κ1) is 27.1. The molecule has 3 aromatic rings. The van der Waals surface area contributed by atoms with Crippen LogP contribution in [0.15, 0.2) is 49.8 Å². The number of thiophene rings is 1. The number of alkyl halides is 3. The molecule has 3 heterocycles. The number of benzene rings is 1. The molecule has 208 valence electrons. The van der Waals surface area contributed by atoms with Gasteiger partial charge in [0.15, 0.2) is 11.6 Å². The van der Waals surface area contributed by atoms with Crippen molar-refractivity contribution < 1.29 is 35.1 Å². The number of sulfonamides is 2. The van der Waals surface area contributed by atoms with Gasteiger partial charge in [0.2, 0.25) is 10.0 Å². The van der Waals surface area contributed by atoms with Crippen LogP contribution in [0.25, 0.3) is 10.6 Å². The molecule has 0 bridgehead atoms. The lowest BCUT2D eigenvalue weighted by atomic mass is 9.68. The van der Waals surface area contributed by atoms with Crippen LogP contribution in [0.4, 0.5) is 24.5 Å². The summed E-state index contributed by atoms with van der Waals surface area (Å²) in [5.74, 6) is -1.37. The molecular formula is C22H20F3N5O6S3. The molecule has 0 spiro atoms. The van der Waals surface area contributed by atoms with E-state index in [2.05, 4.69) is 19.5 Å². The number of aromatic nitrogens is 2. The third kappa shape index (κ3) is 4.89. The summed E-state index contributed by atoms with van der Waals surface area (Å²) in [6, 6.07) is 6.64. The summed E-state index contributed by atoms with van der Waals surface area (Å²) in [4.78, 5) is 13.4. The van der Waals surface area contributed by atoms with E-state index in [1.54, 1.807) is 11.4 Å². The van der Waals surface area contributed by atoms with Gasteiger partial charge in [0, 0.05) is 5.69 Å². The van der Waals surface area contributed by atoms with E-state index in [0.29, 0.717) is 16.0 Å². The molecule has 1 saturated carbocycles. The van der Waals surface area contributed by atoms with Crippen LogP contribution in [0.3, 0.4) is 0 Å². The Kier molecular flexibility index (Phi) is 6.30. The number of nitrogens with zero attached hydrogens (tertiary/aromatic N) is 3. The fourth-order valence-corrected chi connectivity index (χ4v) is 6.84. The second-order valence-corrected chi connectivity index (χ2v) is 13.5. The number of aromatic hydroxyl groups is 1. The highest BCUT2D eigenvalue weighted by molar-refractivity contribution is 7.92. The minimum absolute atomic E-state index is 0.0627. The highest BCUT2D eigenvalue weighted by Crippen LogP contribution is 2.54. The van der Waals surface area contributed by atoms with E-state index >= 15 is 0 Å². The van der Waals surface area contributed by atoms with E-state index in [4.69, 9.17) is 0 Å².